The maximum atomic E-state index is 4.42. The van der Waals surface area contributed by atoms with Gasteiger partial charge in [-0.2, -0.15) is 0 Å². The third-order valence-corrected chi connectivity index (χ3v) is 3.35. The summed E-state index contributed by atoms with van der Waals surface area (Å²) in [4.78, 5) is 8.78. The summed E-state index contributed by atoms with van der Waals surface area (Å²) in [6.07, 6.45) is 1.61. The van der Waals surface area contributed by atoms with Gasteiger partial charge < -0.3 is 10.6 Å². The van der Waals surface area contributed by atoms with Crippen LogP contribution in [0.1, 0.15) is 43.4 Å². The summed E-state index contributed by atoms with van der Waals surface area (Å²) in [5, 5.41) is 6.76. The fourth-order valence-electron chi connectivity index (χ4n) is 2.40. The van der Waals surface area contributed by atoms with E-state index in [4.69, 9.17) is 0 Å². The van der Waals surface area contributed by atoms with E-state index in [0.29, 0.717) is 5.92 Å². The highest BCUT2D eigenvalue weighted by atomic mass is 15.1. The molecule has 2 aromatic rings. The topological polar surface area (TPSA) is 49.8 Å². The molecule has 0 fully saturated rings. The third-order valence-electron chi connectivity index (χ3n) is 3.35. The van der Waals surface area contributed by atoms with E-state index < -0.39 is 0 Å². The van der Waals surface area contributed by atoms with Gasteiger partial charge in [0.15, 0.2) is 0 Å². The van der Waals surface area contributed by atoms with Gasteiger partial charge in [-0.3, -0.25) is 0 Å². The second kappa shape index (κ2) is 7.07. The number of nitrogens with zero attached hydrogens (tertiary/aromatic N) is 2. The molecule has 0 aliphatic rings. The Morgan fingerprint density at radius 2 is 1.81 bits per heavy atom. The zero-order valence-corrected chi connectivity index (χ0v) is 13.3. The minimum atomic E-state index is 0.361. The molecule has 1 aromatic heterocycles. The van der Waals surface area contributed by atoms with Crippen LogP contribution in [0.15, 0.2) is 30.6 Å². The molecule has 21 heavy (non-hydrogen) atoms. The molecule has 1 heterocycles. The van der Waals surface area contributed by atoms with Crippen LogP contribution >= 0.6 is 0 Å². The molecular weight excluding hydrogens is 260 g/mol. The van der Waals surface area contributed by atoms with Gasteiger partial charge in [-0.15, -0.1) is 0 Å². The van der Waals surface area contributed by atoms with E-state index >= 15 is 0 Å². The van der Waals surface area contributed by atoms with E-state index in [1.807, 2.05) is 0 Å². The predicted octanol–water partition coefficient (Wildman–Crippen LogP) is 3.95. The van der Waals surface area contributed by atoms with Crippen molar-refractivity contribution < 1.29 is 0 Å². The summed E-state index contributed by atoms with van der Waals surface area (Å²) in [5.74, 6) is 2.20. The maximum Gasteiger partial charge on any atom is 0.135 e. The van der Waals surface area contributed by atoms with Crippen molar-refractivity contribution in [1.29, 1.82) is 0 Å². The first-order valence-electron chi connectivity index (χ1n) is 7.50. The van der Waals surface area contributed by atoms with Crippen molar-refractivity contribution in [3.05, 3.63) is 47.3 Å². The van der Waals surface area contributed by atoms with Crippen LogP contribution in [-0.4, -0.2) is 16.5 Å². The highest BCUT2D eigenvalue weighted by Crippen LogP contribution is 2.28. The Balaban J connectivity index is 2.21. The van der Waals surface area contributed by atoms with Crippen LogP contribution < -0.4 is 10.6 Å². The van der Waals surface area contributed by atoms with E-state index in [1.165, 1.54) is 11.1 Å². The molecule has 0 amide bonds. The summed E-state index contributed by atoms with van der Waals surface area (Å²) in [6.45, 7) is 10.1. The first-order valence-corrected chi connectivity index (χ1v) is 7.50. The maximum absolute atomic E-state index is 4.42. The lowest BCUT2D eigenvalue weighted by atomic mass is 10.0. The summed E-state index contributed by atoms with van der Waals surface area (Å²) in [5.41, 5.74) is 3.68. The van der Waals surface area contributed by atoms with Gasteiger partial charge in [-0.05, 0) is 25.3 Å². The van der Waals surface area contributed by atoms with Crippen LogP contribution in [0.2, 0.25) is 0 Å². The Bertz CT molecular complexity index is 593. The summed E-state index contributed by atoms with van der Waals surface area (Å²) < 4.78 is 0. The van der Waals surface area contributed by atoms with Gasteiger partial charge in [0, 0.05) is 18.7 Å². The number of nitrogens with one attached hydrogen (secondary N) is 2. The first kappa shape index (κ1) is 15.3. The molecule has 0 atom stereocenters. The average Bonchev–Trinajstić information content (AvgIpc) is 2.45. The minimum Gasteiger partial charge on any atom is -0.370 e. The van der Waals surface area contributed by atoms with Crippen molar-refractivity contribution in [2.24, 2.45) is 0 Å². The molecule has 0 unspecified atom stereocenters. The van der Waals surface area contributed by atoms with Crippen molar-refractivity contribution in [3.8, 4) is 0 Å². The lowest BCUT2D eigenvalue weighted by Gasteiger charge is -2.17. The lowest BCUT2D eigenvalue weighted by molar-refractivity contribution is 0.844. The zero-order valence-electron chi connectivity index (χ0n) is 13.3. The van der Waals surface area contributed by atoms with Crippen molar-refractivity contribution in [2.75, 3.05) is 17.2 Å². The minimum absolute atomic E-state index is 0.361. The Morgan fingerprint density at radius 1 is 1.10 bits per heavy atom. The summed E-state index contributed by atoms with van der Waals surface area (Å²) in [7, 11) is 0. The van der Waals surface area contributed by atoms with Crippen LogP contribution in [0.25, 0.3) is 0 Å². The molecule has 0 radical (unpaired) electrons. The first-order chi connectivity index (χ1) is 10.1. The molecule has 0 aliphatic heterocycles. The Hall–Kier alpha value is -2.10. The molecule has 112 valence electrons. The number of hydrogen-bond acceptors (Lipinski definition) is 4. The van der Waals surface area contributed by atoms with Crippen molar-refractivity contribution >= 4 is 11.6 Å². The zero-order chi connectivity index (χ0) is 15.2. The van der Waals surface area contributed by atoms with Crippen LogP contribution in [-0.2, 0) is 6.54 Å². The monoisotopic (exact) mass is 284 g/mol. The number of anilines is 2. The SMILES string of the molecule is CCNc1ncnc(NCc2cccc(C)c2)c1C(C)C. The van der Waals surface area contributed by atoms with Gasteiger partial charge in [0.1, 0.15) is 18.0 Å². The van der Waals surface area contributed by atoms with Crippen LogP contribution in [0.4, 0.5) is 11.6 Å². The van der Waals surface area contributed by atoms with Gasteiger partial charge in [0.25, 0.3) is 0 Å². The van der Waals surface area contributed by atoms with Gasteiger partial charge in [0.2, 0.25) is 0 Å². The molecular formula is C17H24N4. The summed E-state index contributed by atoms with van der Waals surface area (Å²) >= 11 is 0. The number of aryl methyl sites for hydroxylation is 1. The average molecular weight is 284 g/mol. The molecule has 1 aromatic carbocycles. The van der Waals surface area contributed by atoms with Gasteiger partial charge in [0.05, 0.1) is 0 Å². The second-order valence-corrected chi connectivity index (χ2v) is 5.51. The molecule has 0 bridgehead atoms. The van der Waals surface area contributed by atoms with E-state index in [1.54, 1.807) is 6.33 Å². The number of rotatable bonds is 6. The molecule has 0 saturated carbocycles. The Labute approximate surface area is 127 Å². The van der Waals surface area contributed by atoms with Gasteiger partial charge >= 0.3 is 0 Å². The summed E-state index contributed by atoms with van der Waals surface area (Å²) in [6, 6.07) is 8.51. The quantitative estimate of drug-likeness (QED) is 0.843. The van der Waals surface area contributed by atoms with Crippen molar-refractivity contribution in [1.82, 2.24) is 9.97 Å². The number of aromatic nitrogens is 2. The molecule has 2 rings (SSSR count). The molecule has 0 aliphatic carbocycles. The fraction of sp³-hybridized carbons (Fsp3) is 0.412. The van der Waals surface area contributed by atoms with E-state index in [2.05, 4.69) is 72.6 Å². The van der Waals surface area contributed by atoms with Crippen LogP contribution in [0, 0.1) is 6.92 Å². The molecule has 0 spiro atoms. The molecule has 4 nitrogen and oxygen atoms in total. The number of hydrogen-bond donors (Lipinski definition) is 2. The second-order valence-electron chi connectivity index (χ2n) is 5.51. The molecule has 0 saturated heterocycles. The van der Waals surface area contributed by atoms with E-state index in [9.17, 15) is 0 Å². The van der Waals surface area contributed by atoms with Crippen molar-refractivity contribution in [2.45, 2.75) is 40.2 Å². The highest BCUT2D eigenvalue weighted by Gasteiger charge is 2.14. The Morgan fingerprint density at radius 3 is 2.43 bits per heavy atom. The Kier molecular flexibility index (Phi) is 5.14. The largest absolute Gasteiger partial charge is 0.370 e. The van der Waals surface area contributed by atoms with E-state index in [-0.39, 0.29) is 0 Å². The number of benzene rings is 1. The predicted molar refractivity (Wildman–Crippen MR) is 88.8 cm³/mol. The van der Waals surface area contributed by atoms with Crippen LogP contribution in [0.5, 0.6) is 0 Å². The normalized spacial score (nSPS) is 10.7. The molecule has 4 heteroatoms. The van der Waals surface area contributed by atoms with Crippen LogP contribution in [0.3, 0.4) is 0 Å². The highest BCUT2D eigenvalue weighted by molar-refractivity contribution is 5.59. The van der Waals surface area contributed by atoms with Gasteiger partial charge in [-0.25, -0.2) is 9.97 Å². The van der Waals surface area contributed by atoms with Crippen molar-refractivity contribution in [3.63, 3.8) is 0 Å². The van der Waals surface area contributed by atoms with E-state index in [0.717, 1.165) is 30.3 Å². The standard InChI is InChI=1S/C17H24N4/c1-5-18-16-15(12(2)3)17(21-11-20-16)19-10-14-8-6-7-13(4)9-14/h6-9,11-12H,5,10H2,1-4H3,(H2,18,19,20,21). The fourth-order valence-corrected chi connectivity index (χ4v) is 2.40. The third kappa shape index (κ3) is 3.94. The molecule has 2 N–H and O–H groups in total. The smallest absolute Gasteiger partial charge is 0.135 e. The van der Waals surface area contributed by atoms with Gasteiger partial charge in [-0.1, -0.05) is 43.7 Å². The lowest BCUT2D eigenvalue weighted by Crippen LogP contribution is -2.11.